The quantitative estimate of drug-likeness (QED) is 0.277. The standard InChI is InChI=1S/C14H27O.C5H9NO4.Na/c1-2-3-4-5-6-7-8-9-10-11-12-13-14-15;6-3(5(9)10)1-2-4(7)8;/h2-13H2,1H3;3H,1-2,6H2,(H,7,8)(H,9,10);/t;3-;/m.0./s1. The molecule has 0 rings (SSSR count). The Hall–Kier alpha value is -0.430. The van der Waals surface area contributed by atoms with Gasteiger partial charge in [-0.3, -0.25) is 9.59 Å². The van der Waals surface area contributed by atoms with Crippen molar-refractivity contribution in [1.29, 1.82) is 0 Å². The average Bonchev–Trinajstić information content (AvgIpc) is 2.57. The van der Waals surface area contributed by atoms with E-state index in [1.54, 1.807) is 0 Å². The Kier molecular flexibility index (Phi) is 22.3. The van der Waals surface area contributed by atoms with Crippen LogP contribution in [0.15, 0.2) is 0 Å². The summed E-state index contributed by atoms with van der Waals surface area (Å²) in [5.74, 6) is -2.20. The van der Waals surface area contributed by atoms with Gasteiger partial charge in [-0.05, 0) is 6.42 Å². The van der Waals surface area contributed by atoms with Crippen molar-refractivity contribution in [1.82, 2.24) is 0 Å². The second kappa shape index (κ2) is 20.9. The first-order valence-electron chi connectivity index (χ1n) is 10.0. The summed E-state index contributed by atoms with van der Waals surface area (Å²) in [5, 5.41) is 16.3. The van der Waals surface area contributed by atoms with Gasteiger partial charge in [0.15, 0.2) is 0 Å². The van der Waals surface area contributed by atoms with E-state index in [0.717, 1.165) is 40.8 Å². The maximum absolute atomic E-state index is 10.8. The molecule has 0 aromatic rings. The number of carboxylic acids is 2. The zero-order valence-electron chi connectivity index (χ0n) is 16.7. The second-order valence-corrected chi connectivity index (χ2v) is 7.98. The molecule has 4 N–H and O–H groups in total. The van der Waals surface area contributed by atoms with Crippen molar-refractivity contribution in [3.63, 3.8) is 0 Å². The van der Waals surface area contributed by atoms with Crippen molar-refractivity contribution in [2.75, 3.05) is 0 Å². The molecule has 0 unspecified atom stereocenters. The molecule has 0 heterocycles. The van der Waals surface area contributed by atoms with Gasteiger partial charge in [-0.15, -0.1) is 0 Å². The van der Waals surface area contributed by atoms with E-state index in [9.17, 15) is 14.4 Å². The molecular formula is C19H36NNaO5. The molecule has 26 heavy (non-hydrogen) atoms. The van der Waals surface area contributed by atoms with Crippen molar-refractivity contribution < 1.29 is 24.6 Å². The summed E-state index contributed by atoms with van der Waals surface area (Å²) >= 11 is 0.751. The number of aliphatic carboxylic acids is 2. The topological polar surface area (TPSA) is 118 Å². The molecule has 0 bridgehead atoms. The Morgan fingerprint density at radius 3 is 1.58 bits per heavy atom. The van der Waals surface area contributed by atoms with Crippen LogP contribution in [0.5, 0.6) is 0 Å². The van der Waals surface area contributed by atoms with Crippen LogP contribution in [0.25, 0.3) is 0 Å². The molecule has 0 saturated heterocycles. The second-order valence-electron chi connectivity index (χ2n) is 6.86. The molecule has 0 saturated carbocycles. The Labute approximate surface area is 175 Å². The normalized spacial score (nSPS) is 11.4. The van der Waals surface area contributed by atoms with Gasteiger partial charge >= 0.3 is 118 Å². The predicted molar refractivity (Wildman–Crippen MR) is 104 cm³/mol. The summed E-state index contributed by atoms with van der Waals surface area (Å²) in [6.07, 6.45) is 15.6. The van der Waals surface area contributed by atoms with Crippen LogP contribution in [-0.2, 0) is 14.4 Å². The molecule has 0 aliphatic heterocycles. The van der Waals surface area contributed by atoms with Crippen LogP contribution in [0.2, 0.25) is 0 Å². The molecule has 0 amide bonds. The van der Waals surface area contributed by atoms with E-state index in [1.807, 2.05) is 0 Å². The number of unbranched alkanes of at least 4 members (excludes halogenated alkanes) is 10. The van der Waals surface area contributed by atoms with Crippen molar-refractivity contribution in [3.8, 4) is 0 Å². The van der Waals surface area contributed by atoms with E-state index in [1.165, 1.54) is 64.2 Å². The van der Waals surface area contributed by atoms with E-state index >= 15 is 0 Å². The third-order valence-electron chi connectivity index (χ3n) is 4.12. The van der Waals surface area contributed by atoms with Gasteiger partial charge in [0.2, 0.25) is 0 Å². The van der Waals surface area contributed by atoms with Gasteiger partial charge < -0.3 is 15.9 Å². The van der Waals surface area contributed by atoms with Gasteiger partial charge in [-0.1, -0.05) is 13.3 Å². The van der Waals surface area contributed by atoms with E-state index in [-0.39, 0.29) is 12.8 Å². The van der Waals surface area contributed by atoms with Crippen molar-refractivity contribution >= 4 is 42.9 Å². The van der Waals surface area contributed by atoms with Gasteiger partial charge in [-0.2, -0.15) is 0 Å². The fourth-order valence-electron chi connectivity index (χ4n) is 2.44. The molecule has 1 atom stereocenters. The molecule has 0 radical (unpaired) electrons. The first kappa shape index (κ1) is 27.8. The number of rotatable bonds is 16. The third kappa shape index (κ3) is 25.8. The van der Waals surface area contributed by atoms with E-state index in [0.29, 0.717) is 3.03 Å². The summed E-state index contributed by atoms with van der Waals surface area (Å²) < 4.78 is 0.482. The Morgan fingerprint density at radius 2 is 1.23 bits per heavy atom. The van der Waals surface area contributed by atoms with Crippen LogP contribution in [0.3, 0.4) is 0 Å². The molecular weight excluding hydrogens is 345 g/mol. The van der Waals surface area contributed by atoms with Crippen LogP contribution >= 0.6 is 0 Å². The number of carboxylic acid groups (broad SMARTS) is 2. The van der Waals surface area contributed by atoms with Crippen LogP contribution in [-0.4, -0.2) is 59.2 Å². The maximum atomic E-state index is 10.8. The Balaban J connectivity index is 0. The van der Waals surface area contributed by atoms with Crippen LogP contribution in [0, 0.1) is 0 Å². The molecule has 0 aliphatic carbocycles. The Bertz CT molecular complexity index is 377. The molecule has 0 fully saturated rings. The van der Waals surface area contributed by atoms with E-state index in [4.69, 9.17) is 15.9 Å². The molecule has 0 aromatic heterocycles. The van der Waals surface area contributed by atoms with E-state index < -0.39 is 18.0 Å². The number of carbonyl (C=O) groups excluding carboxylic acids is 1. The number of hydrogen-bond acceptors (Lipinski definition) is 4. The largest absolute Gasteiger partial charge is 0.481 e. The van der Waals surface area contributed by atoms with E-state index in [2.05, 4.69) is 6.92 Å². The molecule has 0 aromatic carbocycles. The number of nitrogens with two attached hydrogens (primary N) is 1. The average molecular weight is 381 g/mol. The first-order valence-corrected chi connectivity index (χ1v) is 11.0. The molecule has 0 aliphatic rings. The number of hydrogen-bond donors (Lipinski definition) is 3. The minimum atomic E-state index is -1.17. The molecule has 6 nitrogen and oxygen atoms in total. The monoisotopic (exact) mass is 381 g/mol. The van der Waals surface area contributed by atoms with Crippen LogP contribution in [0.1, 0.15) is 96.8 Å². The summed E-state index contributed by atoms with van der Waals surface area (Å²) in [4.78, 5) is 30.6. The Morgan fingerprint density at radius 1 is 0.808 bits per heavy atom. The zero-order chi connectivity index (χ0) is 20.2. The summed E-state index contributed by atoms with van der Waals surface area (Å²) in [5.41, 5.74) is 5.00. The van der Waals surface area contributed by atoms with Gasteiger partial charge in [0, 0.05) is 6.42 Å². The smallest absolute Gasteiger partial charge is 0.320 e. The number of carbonyl (C=O) groups is 3. The van der Waals surface area contributed by atoms with Gasteiger partial charge in [0.25, 0.3) is 0 Å². The maximum Gasteiger partial charge on any atom is 0.320 e. The molecule has 148 valence electrons. The van der Waals surface area contributed by atoms with Gasteiger partial charge in [-0.25, -0.2) is 0 Å². The minimum Gasteiger partial charge on any atom is -0.481 e. The summed E-state index contributed by atoms with van der Waals surface area (Å²) in [7, 11) is 0. The third-order valence-corrected chi connectivity index (χ3v) is 4.62. The fraction of sp³-hybridized carbons (Fsp3) is 0.842. The minimum absolute atomic E-state index is 0.0231. The van der Waals surface area contributed by atoms with Crippen molar-refractivity contribution in [2.24, 2.45) is 5.73 Å². The SMILES string of the molecule is CCCCCCCCCCCCC[C](=O)[Na].N[C@@H](CCC(=O)O)C(=O)O. The van der Waals surface area contributed by atoms with Gasteiger partial charge in [0.05, 0.1) is 0 Å². The zero-order valence-corrected chi connectivity index (χ0v) is 18.7. The van der Waals surface area contributed by atoms with Crippen LogP contribution in [0.4, 0.5) is 0 Å². The molecule has 0 spiro atoms. The first-order chi connectivity index (χ1) is 12.3. The predicted octanol–water partition coefficient (Wildman–Crippen LogP) is 3.65. The summed E-state index contributed by atoms with van der Waals surface area (Å²) in [6.45, 7) is 2.27. The van der Waals surface area contributed by atoms with Crippen molar-refractivity contribution in [2.45, 2.75) is 103 Å². The van der Waals surface area contributed by atoms with Crippen molar-refractivity contribution in [3.05, 3.63) is 0 Å². The molecule has 7 heteroatoms. The van der Waals surface area contributed by atoms with Gasteiger partial charge in [0.1, 0.15) is 6.04 Å². The fourth-order valence-corrected chi connectivity index (χ4v) is 2.79. The summed E-state index contributed by atoms with van der Waals surface area (Å²) in [6, 6.07) is -1.06. The van der Waals surface area contributed by atoms with Crippen LogP contribution < -0.4 is 5.73 Å².